The Balaban J connectivity index is 2.47. The van der Waals surface area contributed by atoms with Crippen molar-refractivity contribution in [2.45, 2.75) is 72.3 Å². The second-order valence-electron chi connectivity index (χ2n) is 6.42. The lowest BCUT2D eigenvalue weighted by molar-refractivity contribution is 0.168. The summed E-state index contributed by atoms with van der Waals surface area (Å²) in [5, 5.41) is 1.20. The van der Waals surface area contributed by atoms with Crippen LogP contribution in [-0.2, 0) is 12.8 Å². The van der Waals surface area contributed by atoms with Crippen LogP contribution in [0.4, 0.5) is 0 Å². The highest BCUT2D eigenvalue weighted by atomic mass is 35.5. The van der Waals surface area contributed by atoms with Crippen LogP contribution in [0.5, 0.6) is 5.88 Å². The van der Waals surface area contributed by atoms with E-state index in [9.17, 15) is 0 Å². The molecule has 142 valence electrons. The summed E-state index contributed by atoms with van der Waals surface area (Å²) in [4.78, 5) is 9.71. The Hall–Kier alpha value is -1.32. The molecule has 0 amide bonds. The predicted octanol–water partition coefficient (Wildman–Crippen LogP) is 6.92. The van der Waals surface area contributed by atoms with E-state index in [0.29, 0.717) is 15.9 Å². The maximum atomic E-state index is 6.41. The summed E-state index contributed by atoms with van der Waals surface area (Å²) in [6.45, 7) is 8.51. The van der Waals surface area contributed by atoms with E-state index in [2.05, 4.69) is 27.7 Å². The molecule has 3 nitrogen and oxygen atoms in total. The van der Waals surface area contributed by atoms with Gasteiger partial charge in [0.1, 0.15) is 11.8 Å². The van der Waals surface area contributed by atoms with Crippen molar-refractivity contribution in [1.82, 2.24) is 9.97 Å². The molecule has 0 spiro atoms. The number of hydrogen-bond donors (Lipinski definition) is 0. The smallest absolute Gasteiger partial charge is 0.236 e. The first-order valence-corrected chi connectivity index (χ1v) is 10.3. The third kappa shape index (κ3) is 5.11. The third-order valence-corrected chi connectivity index (χ3v) is 4.91. The van der Waals surface area contributed by atoms with Gasteiger partial charge in [-0.1, -0.05) is 63.7 Å². The van der Waals surface area contributed by atoms with Crippen molar-refractivity contribution >= 4 is 23.2 Å². The molecule has 0 saturated heterocycles. The number of hydrogen-bond acceptors (Lipinski definition) is 3. The Kier molecular flexibility index (Phi) is 8.17. The standard InChI is InChI=1S/C21H28Cl2N2O/c1-5-9-15(10-6-2)26-21-19(8-4)24-20(18(7-3)25-21)16-12-11-14(22)13-17(16)23/h11-13,15H,5-10H2,1-4H3. The molecule has 1 aromatic carbocycles. The van der Waals surface area contributed by atoms with Gasteiger partial charge in [-0.25, -0.2) is 9.97 Å². The lowest BCUT2D eigenvalue weighted by Crippen LogP contribution is -2.19. The summed E-state index contributed by atoms with van der Waals surface area (Å²) in [5.74, 6) is 0.671. The first-order valence-electron chi connectivity index (χ1n) is 9.55. The van der Waals surface area contributed by atoms with E-state index in [0.717, 1.165) is 61.2 Å². The fraction of sp³-hybridized carbons (Fsp3) is 0.524. The van der Waals surface area contributed by atoms with Gasteiger partial charge < -0.3 is 4.74 Å². The molecule has 0 fully saturated rings. The number of nitrogens with zero attached hydrogens (tertiary/aromatic N) is 2. The minimum atomic E-state index is 0.194. The number of aryl methyl sites for hydroxylation is 2. The van der Waals surface area contributed by atoms with E-state index < -0.39 is 0 Å². The molecule has 0 bridgehead atoms. The van der Waals surface area contributed by atoms with Crippen molar-refractivity contribution < 1.29 is 4.74 Å². The molecule has 0 saturated carbocycles. The van der Waals surface area contributed by atoms with Crippen molar-refractivity contribution in [3.8, 4) is 17.1 Å². The molecule has 0 unspecified atom stereocenters. The van der Waals surface area contributed by atoms with Crippen molar-refractivity contribution in [2.24, 2.45) is 0 Å². The van der Waals surface area contributed by atoms with E-state index in [-0.39, 0.29) is 6.10 Å². The number of benzene rings is 1. The Morgan fingerprint density at radius 2 is 1.58 bits per heavy atom. The van der Waals surface area contributed by atoms with Gasteiger partial charge in [-0.3, -0.25) is 0 Å². The lowest BCUT2D eigenvalue weighted by Gasteiger charge is -2.20. The summed E-state index contributed by atoms with van der Waals surface area (Å²) in [6, 6.07) is 5.48. The Labute approximate surface area is 167 Å². The van der Waals surface area contributed by atoms with Gasteiger partial charge >= 0.3 is 0 Å². The molecular formula is C21H28Cl2N2O. The van der Waals surface area contributed by atoms with E-state index in [1.807, 2.05) is 12.1 Å². The molecule has 0 radical (unpaired) electrons. The van der Waals surface area contributed by atoms with Crippen molar-refractivity contribution in [3.05, 3.63) is 39.6 Å². The first-order chi connectivity index (χ1) is 12.5. The second kappa shape index (κ2) is 10.1. The van der Waals surface area contributed by atoms with Crippen LogP contribution in [-0.4, -0.2) is 16.1 Å². The quantitative estimate of drug-likeness (QED) is 0.462. The van der Waals surface area contributed by atoms with Crippen LogP contribution in [0, 0.1) is 0 Å². The van der Waals surface area contributed by atoms with Gasteiger partial charge in [0.05, 0.1) is 16.4 Å². The molecule has 1 heterocycles. The average Bonchev–Trinajstić information content (AvgIpc) is 2.62. The van der Waals surface area contributed by atoms with Gasteiger partial charge in [-0.05, 0) is 43.9 Å². The molecule has 1 aromatic heterocycles. The molecule has 0 N–H and O–H groups in total. The summed E-state index contributed by atoms with van der Waals surface area (Å²) < 4.78 is 6.27. The minimum Gasteiger partial charge on any atom is -0.473 e. The molecule has 5 heteroatoms. The van der Waals surface area contributed by atoms with E-state index in [4.69, 9.17) is 37.9 Å². The van der Waals surface area contributed by atoms with Crippen LogP contribution < -0.4 is 4.74 Å². The molecule has 0 aliphatic carbocycles. The van der Waals surface area contributed by atoms with E-state index in [1.54, 1.807) is 6.07 Å². The SMILES string of the molecule is CCCC(CCC)Oc1nc(CC)c(-c2ccc(Cl)cc2Cl)nc1CC. The fourth-order valence-electron chi connectivity index (χ4n) is 3.02. The van der Waals surface area contributed by atoms with Crippen molar-refractivity contribution in [1.29, 1.82) is 0 Å². The highest BCUT2D eigenvalue weighted by molar-refractivity contribution is 6.36. The molecule has 0 atom stereocenters. The molecule has 2 aromatic rings. The van der Waals surface area contributed by atoms with Gasteiger partial charge in [0, 0.05) is 10.6 Å². The minimum absolute atomic E-state index is 0.194. The summed E-state index contributed by atoms with van der Waals surface area (Å²) >= 11 is 12.4. The van der Waals surface area contributed by atoms with Gasteiger partial charge in [-0.2, -0.15) is 0 Å². The number of aromatic nitrogens is 2. The Morgan fingerprint density at radius 3 is 2.12 bits per heavy atom. The van der Waals surface area contributed by atoms with Crippen molar-refractivity contribution in [3.63, 3.8) is 0 Å². The van der Waals surface area contributed by atoms with Gasteiger partial charge in [0.2, 0.25) is 5.88 Å². The molecular weight excluding hydrogens is 367 g/mol. The maximum absolute atomic E-state index is 6.41. The zero-order valence-electron chi connectivity index (χ0n) is 16.1. The highest BCUT2D eigenvalue weighted by Gasteiger charge is 2.19. The largest absolute Gasteiger partial charge is 0.473 e. The number of halogens is 2. The topological polar surface area (TPSA) is 35.0 Å². The fourth-order valence-corrected chi connectivity index (χ4v) is 3.52. The number of rotatable bonds is 9. The van der Waals surface area contributed by atoms with Crippen LogP contribution in [0.3, 0.4) is 0 Å². The van der Waals surface area contributed by atoms with Gasteiger partial charge in [0.15, 0.2) is 0 Å². The summed E-state index contributed by atoms with van der Waals surface area (Å²) in [7, 11) is 0. The van der Waals surface area contributed by atoms with E-state index >= 15 is 0 Å². The summed E-state index contributed by atoms with van der Waals surface area (Å²) in [6.07, 6.45) is 5.97. The van der Waals surface area contributed by atoms with Crippen molar-refractivity contribution in [2.75, 3.05) is 0 Å². The predicted molar refractivity (Wildman–Crippen MR) is 110 cm³/mol. The average molecular weight is 395 g/mol. The summed E-state index contributed by atoms with van der Waals surface area (Å²) in [5.41, 5.74) is 3.45. The maximum Gasteiger partial charge on any atom is 0.236 e. The van der Waals surface area contributed by atoms with E-state index in [1.165, 1.54) is 0 Å². The van der Waals surface area contributed by atoms with Crippen LogP contribution in [0.2, 0.25) is 10.0 Å². The Bertz CT molecular complexity index is 728. The third-order valence-electron chi connectivity index (χ3n) is 4.36. The zero-order valence-corrected chi connectivity index (χ0v) is 17.6. The second-order valence-corrected chi connectivity index (χ2v) is 7.26. The van der Waals surface area contributed by atoms with Crippen LogP contribution in [0.25, 0.3) is 11.3 Å². The first kappa shape index (κ1) is 21.0. The molecule has 0 aliphatic heterocycles. The van der Waals surface area contributed by atoms with Gasteiger partial charge in [0.25, 0.3) is 0 Å². The lowest BCUT2D eigenvalue weighted by atomic mass is 10.1. The molecule has 2 rings (SSSR count). The van der Waals surface area contributed by atoms with Crippen LogP contribution in [0.15, 0.2) is 18.2 Å². The monoisotopic (exact) mass is 394 g/mol. The zero-order chi connectivity index (χ0) is 19.1. The normalized spacial score (nSPS) is 11.2. The number of ether oxygens (including phenoxy) is 1. The van der Waals surface area contributed by atoms with Crippen LogP contribution >= 0.6 is 23.2 Å². The molecule has 26 heavy (non-hydrogen) atoms. The molecule has 0 aliphatic rings. The van der Waals surface area contributed by atoms with Gasteiger partial charge in [-0.15, -0.1) is 0 Å². The highest BCUT2D eigenvalue weighted by Crippen LogP contribution is 2.33. The van der Waals surface area contributed by atoms with Crippen LogP contribution in [0.1, 0.15) is 64.8 Å². The Morgan fingerprint density at radius 1 is 0.923 bits per heavy atom.